The molecule has 0 aromatic carbocycles. The molecular weight excluding hydrogens is 506 g/mol. The van der Waals surface area contributed by atoms with Crippen molar-refractivity contribution in [2.45, 2.75) is 37.3 Å². The smallest absolute Gasteiger partial charge is 0.333 e. The number of hydrogen-bond donors (Lipinski definition) is 1. The number of aromatic nitrogens is 3. The molecule has 1 saturated carbocycles. The molecule has 0 bridgehead atoms. The van der Waals surface area contributed by atoms with Gasteiger partial charge < -0.3 is 15.0 Å². The van der Waals surface area contributed by atoms with Gasteiger partial charge in [-0.05, 0) is 54.2 Å². The maximum Gasteiger partial charge on any atom is 0.333 e. The number of Topliss-reactive ketones (excluding diaryl/α,β-unsaturated/α-hetero) is 1. The van der Waals surface area contributed by atoms with Crippen molar-refractivity contribution in [3.05, 3.63) is 21.2 Å². The second kappa shape index (κ2) is 8.18. The molecule has 0 aliphatic heterocycles. The van der Waals surface area contributed by atoms with Crippen molar-refractivity contribution in [3.8, 4) is 0 Å². The highest BCUT2D eigenvalue weighted by Crippen LogP contribution is 2.40. The van der Waals surface area contributed by atoms with Crippen LogP contribution in [0.3, 0.4) is 0 Å². The van der Waals surface area contributed by atoms with E-state index in [1.165, 1.54) is 13.4 Å². The normalized spacial score (nSPS) is 22.4. The van der Waals surface area contributed by atoms with Gasteiger partial charge in [0.25, 0.3) is 0 Å². The molecule has 0 amide bonds. The Morgan fingerprint density at radius 3 is 2.63 bits per heavy atom. The van der Waals surface area contributed by atoms with Crippen LogP contribution in [0.15, 0.2) is 12.5 Å². The van der Waals surface area contributed by atoms with Crippen molar-refractivity contribution in [1.29, 1.82) is 0 Å². The van der Waals surface area contributed by atoms with Gasteiger partial charge in [-0.2, -0.15) is 0 Å². The number of fused-ring (bicyclic) bond motifs is 1. The van der Waals surface area contributed by atoms with Gasteiger partial charge in [0.1, 0.15) is 17.1 Å². The predicted molar refractivity (Wildman–Crippen MR) is 111 cm³/mol. The SMILES string of the molecule is COC(=O)C(N)(C(=O)CCl)C1CCC(n2cc(I)c3c(Cl)ncnc32)CC1. The van der Waals surface area contributed by atoms with Crippen LogP contribution in [0.2, 0.25) is 5.15 Å². The summed E-state index contributed by atoms with van der Waals surface area (Å²) in [4.78, 5) is 33.0. The molecule has 0 radical (unpaired) electrons. The number of carbonyl (C=O) groups excluding carboxylic acids is 2. The Bertz CT molecular complexity index is 864. The Morgan fingerprint density at radius 1 is 1.37 bits per heavy atom. The molecule has 10 heteroatoms. The number of ether oxygens (including phenoxy) is 1. The molecule has 0 saturated heterocycles. The molecule has 2 N–H and O–H groups in total. The van der Waals surface area contributed by atoms with Crippen LogP contribution in [0.4, 0.5) is 0 Å². The van der Waals surface area contributed by atoms with Gasteiger partial charge in [0.05, 0.1) is 18.4 Å². The molecule has 0 spiro atoms. The molecule has 2 aromatic rings. The van der Waals surface area contributed by atoms with Crippen LogP contribution in [-0.2, 0) is 14.3 Å². The van der Waals surface area contributed by atoms with Gasteiger partial charge in [0.2, 0.25) is 0 Å². The zero-order valence-corrected chi connectivity index (χ0v) is 18.3. The summed E-state index contributed by atoms with van der Waals surface area (Å²) in [5.74, 6) is -1.86. The van der Waals surface area contributed by atoms with Crippen molar-refractivity contribution in [3.63, 3.8) is 0 Å². The van der Waals surface area contributed by atoms with E-state index >= 15 is 0 Å². The first-order valence-electron chi connectivity index (χ1n) is 8.47. The maximum absolute atomic E-state index is 12.3. The van der Waals surface area contributed by atoms with E-state index in [1.807, 2.05) is 6.20 Å². The number of methoxy groups -OCH3 is 1. The molecule has 1 unspecified atom stereocenters. The van der Waals surface area contributed by atoms with Crippen molar-refractivity contribution in [1.82, 2.24) is 14.5 Å². The van der Waals surface area contributed by atoms with Crippen molar-refractivity contribution >= 4 is 68.6 Å². The third-order valence-corrected chi connectivity index (χ3v) is 6.70. The largest absolute Gasteiger partial charge is 0.467 e. The van der Waals surface area contributed by atoms with Gasteiger partial charge >= 0.3 is 5.97 Å². The van der Waals surface area contributed by atoms with Crippen LogP contribution in [0.5, 0.6) is 0 Å². The predicted octanol–water partition coefficient (Wildman–Crippen LogP) is 3.10. The number of rotatable bonds is 5. The number of alkyl halides is 1. The first-order valence-corrected chi connectivity index (χ1v) is 10.5. The highest BCUT2D eigenvalue weighted by molar-refractivity contribution is 14.1. The number of hydrogen-bond acceptors (Lipinski definition) is 6. The Balaban J connectivity index is 1.84. The molecule has 27 heavy (non-hydrogen) atoms. The van der Waals surface area contributed by atoms with Crippen LogP contribution < -0.4 is 5.73 Å². The van der Waals surface area contributed by atoms with Crippen LogP contribution in [-0.4, -0.2) is 44.8 Å². The van der Waals surface area contributed by atoms with E-state index in [4.69, 9.17) is 33.7 Å². The lowest BCUT2D eigenvalue weighted by Gasteiger charge is -2.38. The fraction of sp³-hybridized carbons (Fsp3) is 0.529. The average molecular weight is 525 g/mol. The Morgan fingerprint density at radius 2 is 2.04 bits per heavy atom. The number of carbonyl (C=O) groups is 2. The van der Waals surface area contributed by atoms with Gasteiger partial charge in [-0.15, -0.1) is 11.6 Å². The standard InChI is InChI=1S/C17H19Cl2IN4O3/c1-27-16(26)17(21,12(25)6-18)9-2-4-10(5-3-9)24-7-11(20)13-14(19)22-8-23-15(13)24/h7-10H,2-6,21H2,1H3. The van der Waals surface area contributed by atoms with E-state index in [1.54, 1.807) is 0 Å². The zero-order valence-electron chi connectivity index (χ0n) is 14.6. The first kappa shape index (κ1) is 20.8. The molecule has 1 aliphatic carbocycles. The molecule has 1 aliphatic rings. The molecule has 1 atom stereocenters. The van der Waals surface area contributed by atoms with E-state index in [-0.39, 0.29) is 17.8 Å². The lowest BCUT2D eigenvalue weighted by atomic mass is 9.72. The van der Waals surface area contributed by atoms with E-state index in [2.05, 4.69) is 37.1 Å². The van der Waals surface area contributed by atoms with E-state index in [0.29, 0.717) is 18.0 Å². The lowest BCUT2D eigenvalue weighted by molar-refractivity contribution is -0.154. The third kappa shape index (κ3) is 3.56. The molecule has 3 rings (SSSR count). The topological polar surface area (TPSA) is 100 Å². The number of ketones is 1. The Kier molecular flexibility index (Phi) is 6.29. The molecular formula is C17H19Cl2IN4O3. The summed E-state index contributed by atoms with van der Waals surface area (Å²) >= 11 is 14.1. The van der Waals surface area contributed by atoms with Gasteiger partial charge in [-0.25, -0.2) is 14.8 Å². The summed E-state index contributed by atoms with van der Waals surface area (Å²) in [6.45, 7) is 0. The second-order valence-corrected chi connectivity index (χ2v) is 8.46. The summed E-state index contributed by atoms with van der Waals surface area (Å²) in [5, 5.41) is 1.26. The molecule has 2 aromatic heterocycles. The summed E-state index contributed by atoms with van der Waals surface area (Å²) in [6.07, 6.45) is 6.16. The van der Waals surface area contributed by atoms with Gasteiger partial charge in [-0.3, -0.25) is 4.79 Å². The van der Waals surface area contributed by atoms with Crippen molar-refractivity contribution in [2.24, 2.45) is 11.7 Å². The summed E-state index contributed by atoms with van der Waals surface area (Å²) < 4.78 is 7.88. The summed E-state index contributed by atoms with van der Waals surface area (Å²) in [7, 11) is 1.23. The van der Waals surface area contributed by atoms with Crippen molar-refractivity contribution < 1.29 is 14.3 Å². The van der Waals surface area contributed by atoms with E-state index < -0.39 is 17.3 Å². The minimum atomic E-state index is -1.69. The zero-order chi connectivity index (χ0) is 19.8. The quantitative estimate of drug-likeness (QED) is 0.212. The number of halogens is 3. The van der Waals surface area contributed by atoms with Gasteiger partial charge in [0.15, 0.2) is 11.3 Å². The van der Waals surface area contributed by atoms with Crippen LogP contribution in [0.25, 0.3) is 11.0 Å². The Hall–Kier alpha value is -0.970. The summed E-state index contributed by atoms with van der Waals surface area (Å²) in [5.41, 5.74) is 5.31. The first-order chi connectivity index (χ1) is 12.8. The number of nitrogens with two attached hydrogens (primary N) is 1. The van der Waals surface area contributed by atoms with Crippen LogP contribution >= 0.6 is 45.8 Å². The molecule has 7 nitrogen and oxygen atoms in total. The highest BCUT2D eigenvalue weighted by Gasteiger charge is 2.50. The second-order valence-electron chi connectivity index (χ2n) is 6.67. The monoisotopic (exact) mass is 524 g/mol. The number of esters is 1. The minimum absolute atomic E-state index is 0.172. The van der Waals surface area contributed by atoms with Crippen molar-refractivity contribution in [2.75, 3.05) is 13.0 Å². The lowest BCUT2D eigenvalue weighted by Crippen LogP contribution is -2.62. The fourth-order valence-electron chi connectivity index (χ4n) is 3.88. The maximum atomic E-state index is 12.3. The van der Waals surface area contributed by atoms with E-state index in [0.717, 1.165) is 27.4 Å². The van der Waals surface area contributed by atoms with Crippen LogP contribution in [0, 0.1) is 9.49 Å². The molecule has 1 fully saturated rings. The highest BCUT2D eigenvalue weighted by atomic mass is 127. The molecule has 2 heterocycles. The minimum Gasteiger partial charge on any atom is -0.467 e. The summed E-state index contributed by atoms with van der Waals surface area (Å²) in [6, 6.07) is 0.172. The fourth-order valence-corrected chi connectivity index (χ4v) is 5.29. The number of nitrogens with zero attached hydrogens (tertiary/aromatic N) is 3. The van der Waals surface area contributed by atoms with Gasteiger partial charge in [0, 0.05) is 15.8 Å². The third-order valence-electron chi connectivity index (χ3n) is 5.36. The van der Waals surface area contributed by atoms with Crippen LogP contribution in [0.1, 0.15) is 31.7 Å². The average Bonchev–Trinajstić information content (AvgIpc) is 3.04. The Labute approximate surface area is 180 Å². The molecule has 146 valence electrons. The van der Waals surface area contributed by atoms with Gasteiger partial charge in [-0.1, -0.05) is 11.6 Å². The van der Waals surface area contributed by atoms with E-state index in [9.17, 15) is 9.59 Å².